The summed E-state index contributed by atoms with van der Waals surface area (Å²) in [5.41, 5.74) is 4.99. The van der Waals surface area contributed by atoms with Gasteiger partial charge in [0.15, 0.2) is 0 Å². The van der Waals surface area contributed by atoms with Gasteiger partial charge in [0.05, 0.1) is 18.0 Å². The first-order chi connectivity index (χ1) is 16.2. The van der Waals surface area contributed by atoms with Crippen LogP contribution in [0.5, 0.6) is 0 Å². The second kappa shape index (κ2) is 10.9. The molecule has 9 heteroatoms. The summed E-state index contributed by atoms with van der Waals surface area (Å²) < 4.78 is 27.3. The Morgan fingerprint density at radius 2 is 1.74 bits per heavy atom. The van der Waals surface area contributed by atoms with Crippen LogP contribution in [0, 0.1) is 46.3 Å². The Bertz CT molecular complexity index is 851. The van der Waals surface area contributed by atoms with Crippen LogP contribution >= 0.6 is 0 Å². The lowest BCUT2D eigenvalue weighted by molar-refractivity contribution is -0.175. The maximum Gasteiger partial charge on any atom is 0.303 e. The minimum atomic E-state index is -3.80. The SMILES string of the molecule is C[C@H](CCC(=O)O)[C@H]1CCC2C3CC[C@@H]4C[C@H](O)CC[C@]4(C)C3C[C@H](O)[C@@]21C.NCCS(=O)(=O)O. The maximum atomic E-state index is 11.5. The average Bonchev–Trinajstić information content (AvgIpc) is 3.12. The van der Waals surface area contributed by atoms with Crippen LogP contribution in [0.15, 0.2) is 0 Å². The molecule has 4 aliphatic carbocycles. The second-order valence-corrected chi connectivity index (χ2v) is 13.9. The predicted molar refractivity (Wildman–Crippen MR) is 134 cm³/mol. The highest BCUT2D eigenvalue weighted by molar-refractivity contribution is 7.85. The van der Waals surface area contributed by atoms with Gasteiger partial charge in [0.1, 0.15) is 0 Å². The number of carbonyl (C=O) groups is 1. The van der Waals surface area contributed by atoms with Crippen molar-refractivity contribution in [3.05, 3.63) is 0 Å². The van der Waals surface area contributed by atoms with Crippen LogP contribution in [0.4, 0.5) is 0 Å². The Balaban J connectivity index is 0.000000429. The van der Waals surface area contributed by atoms with Crippen LogP contribution in [-0.4, -0.2) is 58.8 Å². The van der Waals surface area contributed by atoms with Crippen molar-refractivity contribution in [2.24, 2.45) is 52.1 Å². The molecule has 204 valence electrons. The number of hydrogen-bond donors (Lipinski definition) is 5. The van der Waals surface area contributed by atoms with Gasteiger partial charge < -0.3 is 21.1 Å². The standard InChI is InChI=1S/C24H40O4.C2H7NO3S/c1-14(4-9-22(27)28)18-7-8-19-17-6-5-15-12-16(25)10-11-23(15,2)20(17)13-21(26)24(18,19)3;3-1-2-7(4,5)6/h14-21,25-26H,4-13H2,1-3H3,(H,27,28);1-3H2,(H,4,5,6)/t14-,15-,16-,17?,18-,19?,20?,21+,23+,24-;/m1./s1. The average molecular weight is 518 g/mol. The Labute approximate surface area is 210 Å². The molecule has 3 unspecified atom stereocenters. The molecule has 35 heavy (non-hydrogen) atoms. The summed E-state index contributed by atoms with van der Waals surface area (Å²) in [6, 6.07) is 0. The quantitative estimate of drug-likeness (QED) is 0.336. The highest BCUT2D eigenvalue weighted by Gasteiger charge is 2.63. The third-order valence-electron chi connectivity index (χ3n) is 10.7. The van der Waals surface area contributed by atoms with Crippen LogP contribution < -0.4 is 5.73 Å². The first-order valence-electron chi connectivity index (χ1n) is 13.5. The van der Waals surface area contributed by atoms with Gasteiger partial charge in [-0.1, -0.05) is 20.8 Å². The van der Waals surface area contributed by atoms with Gasteiger partial charge >= 0.3 is 5.97 Å². The maximum absolute atomic E-state index is 11.5. The number of aliphatic hydroxyl groups excluding tert-OH is 2. The van der Waals surface area contributed by atoms with E-state index in [1.807, 2.05) is 0 Å². The molecule has 10 atom stereocenters. The minimum Gasteiger partial charge on any atom is -0.481 e. The first kappa shape index (κ1) is 28.8. The smallest absolute Gasteiger partial charge is 0.303 e. The summed E-state index contributed by atoms with van der Waals surface area (Å²) in [5.74, 6) is 2.19. The molecule has 0 aliphatic heterocycles. The Kier molecular flexibility index (Phi) is 9.01. The lowest BCUT2D eigenvalue weighted by atomic mass is 9.43. The number of nitrogens with two attached hydrogens (primary N) is 1. The molecule has 0 amide bonds. The van der Waals surface area contributed by atoms with Crippen LogP contribution in [-0.2, 0) is 14.9 Å². The van der Waals surface area contributed by atoms with Crippen LogP contribution in [0.1, 0.15) is 85.0 Å². The van der Waals surface area contributed by atoms with Crippen LogP contribution in [0.25, 0.3) is 0 Å². The monoisotopic (exact) mass is 517 g/mol. The number of carboxylic acid groups (broad SMARTS) is 1. The van der Waals surface area contributed by atoms with Crippen molar-refractivity contribution >= 4 is 16.1 Å². The van der Waals surface area contributed by atoms with Crippen LogP contribution in [0.2, 0.25) is 0 Å². The second-order valence-electron chi connectivity index (χ2n) is 12.4. The number of aliphatic carboxylic acids is 1. The zero-order chi connectivity index (χ0) is 26.2. The van der Waals surface area contributed by atoms with Crippen molar-refractivity contribution in [3.8, 4) is 0 Å². The molecule has 0 aromatic heterocycles. The molecule has 4 aliphatic rings. The van der Waals surface area contributed by atoms with Gasteiger partial charge in [-0.15, -0.1) is 0 Å². The van der Waals surface area contributed by atoms with Gasteiger partial charge in [0.2, 0.25) is 0 Å². The molecule has 6 N–H and O–H groups in total. The topological polar surface area (TPSA) is 158 Å². The molecule has 0 bridgehead atoms. The molecular weight excluding hydrogens is 470 g/mol. The van der Waals surface area contributed by atoms with E-state index >= 15 is 0 Å². The van der Waals surface area contributed by atoms with Gasteiger partial charge in [-0.25, -0.2) is 0 Å². The summed E-state index contributed by atoms with van der Waals surface area (Å²) in [7, 11) is -3.80. The number of rotatable bonds is 6. The van der Waals surface area contributed by atoms with Crippen molar-refractivity contribution in [1.82, 2.24) is 0 Å². The Hall–Kier alpha value is -0.740. The number of fused-ring (bicyclic) bond motifs is 5. The van der Waals surface area contributed by atoms with Gasteiger partial charge in [-0.3, -0.25) is 9.35 Å². The van der Waals surface area contributed by atoms with Gasteiger partial charge in [0, 0.05) is 13.0 Å². The summed E-state index contributed by atoms with van der Waals surface area (Å²) in [6.45, 7) is 6.96. The van der Waals surface area contributed by atoms with E-state index in [0.29, 0.717) is 35.5 Å². The minimum absolute atomic E-state index is 0.0289. The molecular formula is C26H47NO7S. The highest BCUT2D eigenvalue weighted by atomic mass is 32.2. The van der Waals surface area contributed by atoms with E-state index in [1.165, 1.54) is 19.3 Å². The summed E-state index contributed by atoms with van der Waals surface area (Å²) >= 11 is 0. The van der Waals surface area contributed by atoms with E-state index < -0.39 is 16.1 Å². The van der Waals surface area contributed by atoms with Crippen molar-refractivity contribution in [3.63, 3.8) is 0 Å². The summed E-state index contributed by atoms with van der Waals surface area (Å²) in [5, 5.41) is 30.8. The lowest BCUT2D eigenvalue weighted by Crippen LogP contribution is -2.58. The number of carboxylic acids is 1. The highest BCUT2D eigenvalue weighted by Crippen LogP contribution is 2.68. The third kappa shape index (κ3) is 5.89. The molecule has 4 rings (SSSR count). The number of hydrogen-bond acceptors (Lipinski definition) is 6. The van der Waals surface area contributed by atoms with Crippen LogP contribution in [0.3, 0.4) is 0 Å². The van der Waals surface area contributed by atoms with Crippen molar-refractivity contribution in [1.29, 1.82) is 0 Å². The van der Waals surface area contributed by atoms with Gasteiger partial charge in [-0.05, 0) is 104 Å². The van der Waals surface area contributed by atoms with E-state index in [4.69, 9.17) is 15.4 Å². The fourth-order valence-corrected chi connectivity index (χ4v) is 9.16. The molecule has 8 nitrogen and oxygen atoms in total. The molecule has 0 spiro atoms. The molecule has 4 fully saturated rings. The largest absolute Gasteiger partial charge is 0.481 e. The van der Waals surface area contributed by atoms with Crippen molar-refractivity contribution < 1.29 is 33.1 Å². The fraction of sp³-hybridized carbons (Fsp3) is 0.962. The number of aliphatic hydroxyl groups is 2. The van der Waals surface area contributed by atoms with Crippen molar-refractivity contribution in [2.75, 3.05) is 12.3 Å². The van der Waals surface area contributed by atoms with E-state index in [1.54, 1.807) is 0 Å². The van der Waals surface area contributed by atoms with E-state index in [0.717, 1.165) is 38.5 Å². The molecule has 0 radical (unpaired) electrons. The van der Waals surface area contributed by atoms with Crippen molar-refractivity contribution in [2.45, 2.75) is 97.2 Å². The summed E-state index contributed by atoms with van der Waals surface area (Å²) in [6.07, 6.45) is 9.26. The zero-order valence-electron chi connectivity index (χ0n) is 21.6. The first-order valence-corrected chi connectivity index (χ1v) is 15.1. The Morgan fingerprint density at radius 1 is 1.06 bits per heavy atom. The molecule has 0 aromatic carbocycles. The van der Waals surface area contributed by atoms with E-state index in [2.05, 4.69) is 20.8 Å². The summed E-state index contributed by atoms with van der Waals surface area (Å²) in [4.78, 5) is 11.1. The van der Waals surface area contributed by atoms with Gasteiger partial charge in [0.25, 0.3) is 10.1 Å². The molecule has 0 heterocycles. The fourth-order valence-electron chi connectivity index (χ4n) is 8.86. The lowest BCUT2D eigenvalue weighted by Gasteiger charge is -2.62. The molecule has 0 saturated heterocycles. The third-order valence-corrected chi connectivity index (χ3v) is 11.4. The normalized spacial score (nSPS) is 43.7. The van der Waals surface area contributed by atoms with E-state index in [-0.39, 0.29) is 41.8 Å². The molecule has 4 saturated carbocycles. The molecule has 0 aromatic rings. The predicted octanol–water partition coefficient (Wildman–Crippen LogP) is 3.31. The van der Waals surface area contributed by atoms with Gasteiger partial charge in [-0.2, -0.15) is 8.42 Å². The Morgan fingerprint density at radius 3 is 2.31 bits per heavy atom. The zero-order valence-corrected chi connectivity index (χ0v) is 22.4. The van der Waals surface area contributed by atoms with E-state index in [9.17, 15) is 23.4 Å².